The molecule has 2 rings (SSSR count). The molecule has 0 saturated carbocycles. The van der Waals surface area contributed by atoms with Gasteiger partial charge in [-0.3, -0.25) is 14.9 Å². The first kappa shape index (κ1) is 18.4. The van der Waals surface area contributed by atoms with E-state index in [0.29, 0.717) is 17.1 Å². The van der Waals surface area contributed by atoms with Gasteiger partial charge in [-0.25, -0.2) is 5.43 Å². The molecule has 2 aromatic carbocycles. The molecule has 0 aliphatic heterocycles. The molecule has 2 aromatic rings. The predicted molar refractivity (Wildman–Crippen MR) is 92.3 cm³/mol. The van der Waals surface area contributed by atoms with Crippen molar-refractivity contribution in [1.29, 1.82) is 5.26 Å². The van der Waals surface area contributed by atoms with Crippen LogP contribution in [0.4, 0.5) is 5.69 Å². The highest BCUT2D eigenvalue weighted by atomic mass is 16.6. The largest absolute Gasteiger partial charge is 0.493 e. The van der Waals surface area contributed by atoms with Crippen molar-refractivity contribution in [2.75, 3.05) is 13.7 Å². The van der Waals surface area contributed by atoms with E-state index in [1.54, 1.807) is 18.2 Å². The van der Waals surface area contributed by atoms with Gasteiger partial charge in [0.25, 0.3) is 11.6 Å². The highest BCUT2D eigenvalue weighted by Crippen LogP contribution is 2.27. The molecule has 0 fully saturated rings. The van der Waals surface area contributed by atoms with Crippen molar-refractivity contribution in [2.24, 2.45) is 5.10 Å². The molecule has 0 heterocycles. The van der Waals surface area contributed by atoms with Crippen molar-refractivity contribution in [1.82, 2.24) is 5.43 Å². The Morgan fingerprint density at radius 1 is 1.31 bits per heavy atom. The van der Waals surface area contributed by atoms with Gasteiger partial charge in [-0.2, -0.15) is 10.4 Å². The number of nitrogens with zero attached hydrogens (tertiary/aromatic N) is 3. The van der Waals surface area contributed by atoms with Gasteiger partial charge in [0.15, 0.2) is 18.1 Å². The fourth-order valence-electron chi connectivity index (χ4n) is 1.96. The Bertz CT molecular complexity index is 872. The van der Waals surface area contributed by atoms with Crippen LogP contribution in [0.2, 0.25) is 0 Å². The Kier molecular flexibility index (Phi) is 6.23. The summed E-state index contributed by atoms with van der Waals surface area (Å²) in [6, 6.07) is 12.0. The molecule has 0 bridgehead atoms. The molecular weight excluding hydrogens is 340 g/mol. The predicted octanol–water partition coefficient (Wildman–Crippen LogP) is 2.27. The number of rotatable bonds is 7. The van der Waals surface area contributed by atoms with Crippen LogP contribution in [0.1, 0.15) is 15.9 Å². The Balaban J connectivity index is 2.02. The van der Waals surface area contributed by atoms with Crippen molar-refractivity contribution in [3.05, 3.63) is 63.7 Å². The molecule has 0 aromatic heterocycles. The average Bonchev–Trinajstić information content (AvgIpc) is 2.66. The summed E-state index contributed by atoms with van der Waals surface area (Å²) in [6.07, 6.45) is 1.40. The van der Waals surface area contributed by atoms with Crippen LogP contribution in [0.15, 0.2) is 47.6 Å². The number of nitrogens with one attached hydrogen (secondary N) is 1. The summed E-state index contributed by atoms with van der Waals surface area (Å²) in [6.45, 7) is -0.102. The van der Waals surface area contributed by atoms with E-state index < -0.39 is 10.8 Å². The lowest BCUT2D eigenvalue weighted by Crippen LogP contribution is -2.17. The van der Waals surface area contributed by atoms with Gasteiger partial charge in [-0.05, 0) is 35.9 Å². The second-order valence-corrected chi connectivity index (χ2v) is 4.86. The topological polar surface area (TPSA) is 127 Å². The number of methoxy groups -OCH3 is 1. The normalized spacial score (nSPS) is 10.2. The van der Waals surface area contributed by atoms with Gasteiger partial charge in [0, 0.05) is 17.7 Å². The SMILES string of the molecule is COc1cc(/C=N\NC(=O)c2ccc([N+](=O)[O-])cc2)ccc1OCC#N. The molecule has 9 heteroatoms. The van der Waals surface area contributed by atoms with Crippen LogP contribution >= 0.6 is 0 Å². The number of amides is 1. The zero-order valence-corrected chi connectivity index (χ0v) is 13.7. The molecular formula is C17H14N4O5. The Morgan fingerprint density at radius 3 is 2.65 bits per heavy atom. The summed E-state index contributed by atoms with van der Waals surface area (Å²) >= 11 is 0. The van der Waals surface area contributed by atoms with Crippen molar-refractivity contribution in [3.63, 3.8) is 0 Å². The fraction of sp³-hybridized carbons (Fsp3) is 0.118. The molecule has 0 atom stereocenters. The minimum absolute atomic E-state index is 0.101. The third kappa shape index (κ3) is 4.78. The van der Waals surface area contributed by atoms with Crippen LogP contribution < -0.4 is 14.9 Å². The molecule has 9 nitrogen and oxygen atoms in total. The van der Waals surface area contributed by atoms with Gasteiger partial charge in [0.2, 0.25) is 0 Å². The van der Waals surface area contributed by atoms with Crippen LogP contribution in [0.25, 0.3) is 0 Å². The zero-order chi connectivity index (χ0) is 18.9. The standard InChI is InChI=1S/C17H14N4O5/c1-25-16-10-12(2-7-15(16)26-9-8-18)11-19-20-17(22)13-3-5-14(6-4-13)21(23)24/h2-7,10-11H,9H2,1H3,(H,20,22)/b19-11-. The number of carbonyl (C=O) groups is 1. The van der Waals surface area contributed by atoms with E-state index in [9.17, 15) is 14.9 Å². The molecule has 0 unspecified atom stereocenters. The van der Waals surface area contributed by atoms with E-state index in [-0.39, 0.29) is 17.9 Å². The quantitative estimate of drug-likeness (QED) is 0.461. The summed E-state index contributed by atoms with van der Waals surface area (Å²) in [4.78, 5) is 22.0. The monoisotopic (exact) mass is 354 g/mol. The number of hydrogen-bond acceptors (Lipinski definition) is 7. The third-order valence-corrected chi connectivity index (χ3v) is 3.20. The van der Waals surface area contributed by atoms with E-state index in [1.165, 1.54) is 37.6 Å². The van der Waals surface area contributed by atoms with Gasteiger partial charge in [0.1, 0.15) is 6.07 Å². The van der Waals surface area contributed by atoms with E-state index >= 15 is 0 Å². The van der Waals surface area contributed by atoms with E-state index in [0.717, 1.165) is 0 Å². The van der Waals surface area contributed by atoms with Gasteiger partial charge in [-0.1, -0.05) is 0 Å². The molecule has 1 amide bonds. The molecule has 26 heavy (non-hydrogen) atoms. The first-order valence-electron chi connectivity index (χ1n) is 7.31. The Hall–Kier alpha value is -3.93. The lowest BCUT2D eigenvalue weighted by molar-refractivity contribution is -0.384. The van der Waals surface area contributed by atoms with Gasteiger partial charge in [-0.15, -0.1) is 0 Å². The van der Waals surface area contributed by atoms with Crippen LogP contribution in [0.5, 0.6) is 11.5 Å². The number of ether oxygens (including phenoxy) is 2. The van der Waals surface area contributed by atoms with Gasteiger partial charge >= 0.3 is 0 Å². The van der Waals surface area contributed by atoms with Crippen molar-refractivity contribution < 1.29 is 19.2 Å². The lowest BCUT2D eigenvalue weighted by atomic mass is 10.2. The first-order chi connectivity index (χ1) is 12.5. The number of nitro benzene ring substituents is 1. The first-order valence-corrected chi connectivity index (χ1v) is 7.31. The number of benzene rings is 2. The second kappa shape index (κ2) is 8.79. The summed E-state index contributed by atoms with van der Waals surface area (Å²) in [5.74, 6) is 0.337. The molecule has 0 aliphatic carbocycles. The number of nitro groups is 1. The fourth-order valence-corrected chi connectivity index (χ4v) is 1.96. The van der Waals surface area contributed by atoms with Crippen LogP contribution in [-0.4, -0.2) is 30.8 Å². The van der Waals surface area contributed by atoms with Crippen molar-refractivity contribution >= 4 is 17.8 Å². The molecule has 132 valence electrons. The third-order valence-electron chi connectivity index (χ3n) is 3.20. The highest BCUT2D eigenvalue weighted by molar-refractivity contribution is 5.95. The summed E-state index contributed by atoms with van der Waals surface area (Å²) in [5, 5.41) is 23.0. The second-order valence-electron chi connectivity index (χ2n) is 4.86. The molecule has 0 saturated heterocycles. The van der Waals surface area contributed by atoms with Crippen LogP contribution in [0, 0.1) is 21.4 Å². The smallest absolute Gasteiger partial charge is 0.271 e. The summed E-state index contributed by atoms with van der Waals surface area (Å²) in [5.41, 5.74) is 3.10. The minimum atomic E-state index is -0.544. The average molecular weight is 354 g/mol. The molecule has 1 N–H and O–H groups in total. The number of nitriles is 1. The maximum absolute atomic E-state index is 11.9. The van der Waals surface area contributed by atoms with Crippen LogP contribution in [-0.2, 0) is 0 Å². The number of non-ortho nitro benzene ring substituents is 1. The Morgan fingerprint density at radius 2 is 2.04 bits per heavy atom. The minimum Gasteiger partial charge on any atom is -0.493 e. The maximum atomic E-state index is 11.9. The zero-order valence-electron chi connectivity index (χ0n) is 13.7. The highest BCUT2D eigenvalue weighted by Gasteiger charge is 2.09. The van der Waals surface area contributed by atoms with Crippen LogP contribution in [0.3, 0.4) is 0 Å². The maximum Gasteiger partial charge on any atom is 0.271 e. The molecule has 0 spiro atoms. The Labute approximate surface area is 148 Å². The van der Waals surface area contributed by atoms with E-state index in [2.05, 4.69) is 10.5 Å². The molecule has 0 aliphatic rings. The summed E-state index contributed by atoms with van der Waals surface area (Å²) < 4.78 is 10.4. The van der Waals surface area contributed by atoms with E-state index in [1.807, 2.05) is 6.07 Å². The number of carbonyl (C=O) groups excluding carboxylic acids is 1. The lowest BCUT2D eigenvalue weighted by Gasteiger charge is -2.08. The van der Waals surface area contributed by atoms with Crippen molar-refractivity contribution in [3.8, 4) is 17.6 Å². The van der Waals surface area contributed by atoms with Crippen molar-refractivity contribution in [2.45, 2.75) is 0 Å². The van der Waals surface area contributed by atoms with Gasteiger partial charge in [0.05, 0.1) is 18.2 Å². The number of hydrogen-bond donors (Lipinski definition) is 1. The molecule has 0 radical (unpaired) electrons. The van der Waals surface area contributed by atoms with Gasteiger partial charge < -0.3 is 9.47 Å². The van der Waals surface area contributed by atoms with E-state index in [4.69, 9.17) is 14.7 Å². The summed E-state index contributed by atoms with van der Waals surface area (Å²) in [7, 11) is 1.46. The number of hydrazone groups is 1.